The third-order valence-corrected chi connectivity index (χ3v) is 3.61. The first kappa shape index (κ1) is 12.4. The minimum atomic E-state index is 0.516. The lowest BCUT2D eigenvalue weighted by atomic mass is 9.99. The van der Waals surface area contributed by atoms with E-state index in [0.717, 1.165) is 24.8 Å². The monoisotopic (exact) mass is 233 g/mol. The van der Waals surface area contributed by atoms with E-state index >= 15 is 0 Å². The Balaban J connectivity index is 1.84. The molecule has 2 heteroatoms. The topological polar surface area (TPSA) is 21.3 Å². The van der Waals surface area contributed by atoms with Gasteiger partial charge in [0.1, 0.15) is 12.4 Å². The molecule has 1 fully saturated rings. The molecule has 0 heterocycles. The summed E-state index contributed by atoms with van der Waals surface area (Å²) in [6.45, 7) is 3.99. The Morgan fingerprint density at radius 2 is 1.94 bits per heavy atom. The number of nitrogens with one attached hydrogen (secondary N) is 1. The van der Waals surface area contributed by atoms with Crippen molar-refractivity contribution in [2.45, 2.75) is 38.6 Å². The summed E-state index contributed by atoms with van der Waals surface area (Å²) >= 11 is 0. The third-order valence-electron chi connectivity index (χ3n) is 3.61. The zero-order valence-electron chi connectivity index (χ0n) is 10.7. The number of para-hydroxylation sites is 1. The summed E-state index contributed by atoms with van der Waals surface area (Å²) < 4.78 is 5.87. The molecule has 0 aromatic heterocycles. The molecule has 1 unspecified atom stereocenters. The van der Waals surface area contributed by atoms with E-state index in [2.05, 4.69) is 12.2 Å². The molecule has 1 aliphatic carbocycles. The molecule has 1 aromatic rings. The van der Waals surface area contributed by atoms with Gasteiger partial charge in [0.15, 0.2) is 0 Å². The first-order valence-corrected chi connectivity index (χ1v) is 6.81. The number of ether oxygens (including phenoxy) is 1. The van der Waals surface area contributed by atoms with Crippen LogP contribution in [0.1, 0.15) is 32.6 Å². The van der Waals surface area contributed by atoms with E-state index in [1.807, 2.05) is 30.3 Å². The molecule has 1 N–H and O–H groups in total. The zero-order chi connectivity index (χ0) is 11.9. The van der Waals surface area contributed by atoms with Crippen LogP contribution in [0.15, 0.2) is 30.3 Å². The zero-order valence-corrected chi connectivity index (χ0v) is 10.7. The SMILES string of the molecule is CCNC(COc1ccccc1)C1CCCC1. The Kier molecular flexibility index (Phi) is 4.87. The summed E-state index contributed by atoms with van der Waals surface area (Å²) in [5, 5.41) is 3.57. The smallest absolute Gasteiger partial charge is 0.119 e. The van der Waals surface area contributed by atoms with E-state index in [-0.39, 0.29) is 0 Å². The number of rotatable bonds is 6. The van der Waals surface area contributed by atoms with Crippen molar-refractivity contribution >= 4 is 0 Å². The van der Waals surface area contributed by atoms with Crippen LogP contribution in [-0.2, 0) is 0 Å². The maximum Gasteiger partial charge on any atom is 0.119 e. The van der Waals surface area contributed by atoms with Crippen molar-refractivity contribution in [1.82, 2.24) is 5.32 Å². The van der Waals surface area contributed by atoms with Gasteiger partial charge < -0.3 is 10.1 Å². The third kappa shape index (κ3) is 3.74. The second kappa shape index (κ2) is 6.65. The van der Waals surface area contributed by atoms with Crippen LogP contribution in [0, 0.1) is 5.92 Å². The minimum absolute atomic E-state index is 0.516. The fourth-order valence-electron chi connectivity index (χ4n) is 2.69. The summed E-state index contributed by atoms with van der Waals surface area (Å²) in [5.41, 5.74) is 0. The van der Waals surface area contributed by atoms with Crippen LogP contribution in [0.5, 0.6) is 5.75 Å². The van der Waals surface area contributed by atoms with Gasteiger partial charge in [0.05, 0.1) is 0 Å². The highest BCUT2D eigenvalue weighted by Gasteiger charge is 2.24. The average Bonchev–Trinajstić information content (AvgIpc) is 2.89. The quantitative estimate of drug-likeness (QED) is 0.814. The Morgan fingerprint density at radius 1 is 1.24 bits per heavy atom. The lowest BCUT2D eigenvalue weighted by Gasteiger charge is -2.24. The predicted molar refractivity (Wildman–Crippen MR) is 71.4 cm³/mol. The maximum absolute atomic E-state index is 5.87. The molecule has 0 saturated heterocycles. The highest BCUT2D eigenvalue weighted by atomic mass is 16.5. The van der Waals surface area contributed by atoms with Crippen molar-refractivity contribution in [2.75, 3.05) is 13.2 Å². The van der Waals surface area contributed by atoms with Crippen molar-refractivity contribution in [3.05, 3.63) is 30.3 Å². The highest BCUT2D eigenvalue weighted by molar-refractivity contribution is 5.20. The van der Waals surface area contributed by atoms with Gasteiger partial charge in [-0.2, -0.15) is 0 Å². The summed E-state index contributed by atoms with van der Waals surface area (Å²) in [6.07, 6.45) is 5.49. The molecule has 1 aliphatic rings. The van der Waals surface area contributed by atoms with Crippen molar-refractivity contribution in [3.8, 4) is 5.75 Å². The molecular formula is C15H23NO. The number of hydrogen-bond acceptors (Lipinski definition) is 2. The highest BCUT2D eigenvalue weighted by Crippen LogP contribution is 2.28. The lowest BCUT2D eigenvalue weighted by Crippen LogP contribution is -2.40. The summed E-state index contributed by atoms with van der Waals surface area (Å²) in [7, 11) is 0. The van der Waals surface area contributed by atoms with Gasteiger partial charge >= 0.3 is 0 Å². The first-order chi connectivity index (χ1) is 8.40. The molecular weight excluding hydrogens is 210 g/mol. The Hall–Kier alpha value is -1.02. The Labute approximate surface area is 104 Å². The van der Waals surface area contributed by atoms with Crippen LogP contribution in [0.25, 0.3) is 0 Å². The molecule has 1 aromatic carbocycles. The number of hydrogen-bond donors (Lipinski definition) is 1. The van der Waals surface area contributed by atoms with E-state index in [4.69, 9.17) is 4.74 Å². The van der Waals surface area contributed by atoms with Crippen LogP contribution >= 0.6 is 0 Å². The molecule has 1 atom stereocenters. The summed E-state index contributed by atoms with van der Waals surface area (Å²) in [4.78, 5) is 0. The van der Waals surface area contributed by atoms with Crippen LogP contribution in [0.3, 0.4) is 0 Å². The molecule has 0 amide bonds. The van der Waals surface area contributed by atoms with Crippen LogP contribution in [-0.4, -0.2) is 19.2 Å². The molecule has 2 nitrogen and oxygen atoms in total. The molecule has 94 valence electrons. The number of likely N-dealkylation sites (N-methyl/N-ethyl adjacent to an activating group) is 1. The average molecular weight is 233 g/mol. The van der Waals surface area contributed by atoms with Gasteiger partial charge in [-0.3, -0.25) is 0 Å². The van der Waals surface area contributed by atoms with E-state index < -0.39 is 0 Å². The summed E-state index contributed by atoms with van der Waals surface area (Å²) in [6, 6.07) is 10.6. The van der Waals surface area contributed by atoms with Gasteiger partial charge in [0, 0.05) is 6.04 Å². The molecule has 0 spiro atoms. The molecule has 17 heavy (non-hydrogen) atoms. The summed E-state index contributed by atoms with van der Waals surface area (Å²) in [5.74, 6) is 1.78. The van der Waals surface area contributed by atoms with E-state index in [9.17, 15) is 0 Å². The minimum Gasteiger partial charge on any atom is -0.492 e. The molecule has 0 bridgehead atoms. The normalized spacial score (nSPS) is 18.2. The second-order valence-electron chi connectivity index (χ2n) is 4.83. The van der Waals surface area contributed by atoms with Gasteiger partial charge in [0.25, 0.3) is 0 Å². The van der Waals surface area contributed by atoms with E-state index in [1.165, 1.54) is 25.7 Å². The van der Waals surface area contributed by atoms with E-state index in [0.29, 0.717) is 6.04 Å². The van der Waals surface area contributed by atoms with Crippen molar-refractivity contribution in [2.24, 2.45) is 5.92 Å². The van der Waals surface area contributed by atoms with Gasteiger partial charge in [-0.15, -0.1) is 0 Å². The van der Waals surface area contributed by atoms with Gasteiger partial charge in [-0.05, 0) is 37.4 Å². The fraction of sp³-hybridized carbons (Fsp3) is 0.600. The van der Waals surface area contributed by atoms with Crippen molar-refractivity contribution in [1.29, 1.82) is 0 Å². The first-order valence-electron chi connectivity index (χ1n) is 6.81. The van der Waals surface area contributed by atoms with Crippen molar-refractivity contribution < 1.29 is 4.74 Å². The number of benzene rings is 1. The van der Waals surface area contributed by atoms with Crippen LogP contribution in [0.4, 0.5) is 0 Å². The van der Waals surface area contributed by atoms with E-state index in [1.54, 1.807) is 0 Å². The molecule has 2 rings (SSSR count). The second-order valence-corrected chi connectivity index (χ2v) is 4.83. The van der Waals surface area contributed by atoms with Crippen LogP contribution < -0.4 is 10.1 Å². The standard InChI is InChI=1S/C15H23NO/c1-2-16-15(13-8-6-7-9-13)12-17-14-10-4-3-5-11-14/h3-5,10-11,13,15-16H,2,6-9,12H2,1H3. The van der Waals surface area contributed by atoms with Gasteiger partial charge in [0.2, 0.25) is 0 Å². The predicted octanol–water partition coefficient (Wildman–Crippen LogP) is 3.23. The van der Waals surface area contributed by atoms with Crippen molar-refractivity contribution in [3.63, 3.8) is 0 Å². The fourth-order valence-corrected chi connectivity index (χ4v) is 2.69. The molecule has 0 radical (unpaired) electrons. The molecule has 1 saturated carbocycles. The molecule has 0 aliphatic heterocycles. The Bertz CT molecular complexity index is 306. The largest absolute Gasteiger partial charge is 0.492 e. The Morgan fingerprint density at radius 3 is 2.59 bits per heavy atom. The maximum atomic E-state index is 5.87. The van der Waals surface area contributed by atoms with Gasteiger partial charge in [-0.25, -0.2) is 0 Å². The van der Waals surface area contributed by atoms with Crippen LogP contribution in [0.2, 0.25) is 0 Å². The van der Waals surface area contributed by atoms with Gasteiger partial charge in [-0.1, -0.05) is 38.0 Å². The lowest BCUT2D eigenvalue weighted by molar-refractivity contribution is 0.219.